The fourth-order valence-corrected chi connectivity index (χ4v) is 3.00. The quantitative estimate of drug-likeness (QED) is 0.428. The number of halogens is 8. The predicted octanol–water partition coefficient (Wildman–Crippen LogP) is 6.34. The van der Waals surface area contributed by atoms with E-state index in [-0.39, 0.29) is 29.4 Å². The molecule has 3 nitrogen and oxygen atoms in total. The van der Waals surface area contributed by atoms with E-state index in [4.69, 9.17) is 0 Å². The number of carbonyl (C=O) groups is 1. The molecule has 3 aromatic rings. The first kappa shape index (κ1) is 23.2. The minimum atomic E-state index is -5.15. The van der Waals surface area contributed by atoms with Crippen molar-refractivity contribution in [2.45, 2.75) is 12.4 Å². The van der Waals surface area contributed by atoms with Crippen LogP contribution in [0, 0.1) is 11.6 Å². The van der Waals surface area contributed by atoms with Crippen LogP contribution in [0.2, 0.25) is 0 Å². The average Bonchev–Trinajstić information content (AvgIpc) is 2.71. The van der Waals surface area contributed by atoms with E-state index in [1.807, 2.05) is 0 Å². The van der Waals surface area contributed by atoms with E-state index >= 15 is 0 Å². The van der Waals surface area contributed by atoms with Crippen molar-refractivity contribution in [3.05, 3.63) is 83.2 Å². The molecule has 0 fully saturated rings. The first-order valence-electron chi connectivity index (χ1n) is 8.76. The topological polar surface area (TPSA) is 33.2 Å². The van der Waals surface area contributed by atoms with Crippen LogP contribution in [0.1, 0.15) is 21.5 Å². The molecule has 1 heterocycles. The lowest BCUT2D eigenvalue weighted by molar-refractivity contribution is -0.143. The van der Waals surface area contributed by atoms with E-state index in [1.54, 1.807) is 0 Å². The Balaban J connectivity index is 2.13. The van der Waals surface area contributed by atoms with Gasteiger partial charge in [0.05, 0.1) is 28.6 Å². The molecule has 0 radical (unpaired) electrons. The Morgan fingerprint density at radius 2 is 1.41 bits per heavy atom. The number of carbonyl (C=O) groups excluding carboxylic acids is 1. The first-order chi connectivity index (χ1) is 14.8. The molecule has 0 aliphatic heterocycles. The second-order valence-corrected chi connectivity index (χ2v) is 6.65. The molecule has 0 N–H and O–H groups in total. The predicted molar refractivity (Wildman–Crippen MR) is 98.8 cm³/mol. The normalized spacial score (nSPS) is 12.0. The van der Waals surface area contributed by atoms with Gasteiger partial charge < -0.3 is 4.90 Å². The zero-order chi connectivity index (χ0) is 23.8. The molecule has 0 saturated heterocycles. The van der Waals surface area contributed by atoms with Gasteiger partial charge in [0, 0.05) is 24.4 Å². The Kier molecular flexibility index (Phi) is 5.94. The van der Waals surface area contributed by atoms with Crippen LogP contribution in [0.15, 0.2) is 54.9 Å². The molecule has 0 saturated carbocycles. The Hall–Kier alpha value is -3.50. The van der Waals surface area contributed by atoms with Crippen LogP contribution in [0.4, 0.5) is 40.8 Å². The zero-order valence-electron chi connectivity index (χ0n) is 16.0. The van der Waals surface area contributed by atoms with E-state index in [0.29, 0.717) is 4.90 Å². The average molecular weight is 460 g/mol. The molecule has 32 heavy (non-hydrogen) atoms. The molecule has 1 aromatic heterocycles. The summed E-state index contributed by atoms with van der Waals surface area (Å²) in [5.74, 6) is -3.25. The molecule has 2 aromatic carbocycles. The summed E-state index contributed by atoms with van der Waals surface area (Å²) < 4.78 is 107. The van der Waals surface area contributed by atoms with E-state index in [0.717, 1.165) is 43.7 Å². The maximum atomic E-state index is 14.3. The Morgan fingerprint density at radius 3 is 1.91 bits per heavy atom. The van der Waals surface area contributed by atoms with Gasteiger partial charge in [0.2, 0.25) is 0 Å². The van der Waals surface area contributed by atoms with Crippen LogP contribution in [0.25, 0.3) is 11.1 Å². The van der Waals surface area contributed by atoms with E-state index in [1.165, 1.54) is 0 Å². The van der Waals surface area contributed by atoms with Crippen LogP contribution < -0.4 is 4.90 Å². The molecule has 11 heteroatoms. The van der Waals surface area contributed by atoms with Crippen molar-refractivity contribution in [3.8, 4) is 11.1 Å². The van der Waals surface area contributed by atoms with Gasteiger partial charge in [-0.15, -0.1) is 0 Å². The second kappa shape index (κ2) is 8.21. The molecular formula is C21H12F8N2O. The van der Waals surface area contributed by atoms with Crippen LogP contribution in [0.3, 0.4) is 0 Å². The van der Waals surface area contributed by atoms with Gasteiger partial charge in [-0.1, -0.05) is 6.07 Å². The highest BCUT2D eigenvalue weighted by molar-refractivity contribution is 6.07. The summed E-state index contributed by atoms with van der Waals surface area (Å²) in [6, 6.07) is 4.60. The number of pyridine rings is 1. The van der Waals surface area contributed by atoms with Crippen molar-refractivity contribution < 1.29 is 39.9 Å². The number of hydrogen-bond donors (Lipinski definition) is 0. The molecular weight excluding hydrogens is 448 g/mol. The number of hydrogen-bond acceptors (Lipinski definition) is 2. The SMILES string of the molecule is CN(C(=O)c1cc(C(F)(F)F)cc(C(F)(F)F)c1)c1cnccc1-c1c(F)cccc1F. The lowest BCUT2D eigenvalue weighted by Gasteiger charge is -2.22. The van der Waals surface area contributed by atoms with Gasteiger partial charge in [-0.25, -0.2) is 8.78 Å². The molecule has 0 atom stereocenters. The standard InChI is InChI=1S/C21H12F8N2O/c1-31(17-10-30-6-5-14(17)18-15(22)3-2-4-16(18)23)19(32)11-7-12(20(24,25)26)9-13(8-11)21(27,28)29/h2-10H,1H3. The first-order valence-corrected chi connectivity index (χ1v) is 8.76. The zero-order valence-corrected chi connectivity index (χ0v) is 16.0. The number of nitrogens with zero attached hydrogens (tertiary/aromatic N) is 2. The largest absolute Gasteiger partial charge is 0.416 e. The van der Waals surface area contributed by atoms with Crippen LogP contribution in [-0.4, -0.2) is 17.9 Å². The highest BCUT2D eigenvalue weighted by atomic mass is 19.4. The summed E-state index contributed by atoms with van der Waals surface area (Å²) in [6.45, 7) is 0. The summed E-state index contributed by atoms with van der Waals surface area (Å²) >= 11 is 0. The highest BCUT2D eigenvalue weighted by Crippen LogP contribution is 2.38. The summed E-state index contributed by atoms with van der Waals surface area (Å²) in [4.78, 5) is 17.2. The summed E-state index contributed by atoms with van der Waals surface area (Å²) in [6.07, 6.45) is -8.12. The van der Waals surface area contributed by atoms with Gasteiger partial charge in [0.15, 0.2) is 0 Å². The third-order valence-electron chi connectivity index (χ3n) is 4.53. The maximum Gasteiger partial charge on any atom is 0.416 e. The van der Waals surface area contributed by atoms with Crippen LogP contribution >= 0.6 is 0 Å². The van der Waals surface area contributed by atoms with Gasteiger partial charge in [-0.2, -0.15) is 26.3 Å². The molecule has 0 unspecified atom stereocenters. The van der Waals surface area contributed by atoms with Crippen molar-refractivity contribution >= 4 is 11.6 Å². The smallest absolute Gasteiger partial charge is 0.309 e. The number of amides is 1. The maximum absolute atomic E-state index is 14.3. The highest BCUT2D eigenvalue weighted by Gasteiger charge is 2.38. The lowest BCUT2D eigenvalue weighted by Crippen LogP contribution is -2.28. The molecule has 0 bridgehead atoms. The Morgan fingerprint density at radius 1 is 0.875 bits per heavy atom. The summed E-state index contributed by atoms with van der Waals surface area (Å²) in [7, 11) is 1.04. The van der Waals surface area contributed by atoms with Crippen molar-refractivity contribution in [3.63, 3.8) is 0 Å². The van der Waals surface area contributed by atoms with Gasteiger partial charge in [0.25, 0.3) is 5.91 Å². The van der Waals surface area contributed by atoms with Gasteiger partial charge >= 0.3 is 12.4 Å². The number of rotatable bonds is 3. The molecule has 1 amide bonds. The minimum Gasteiger partial charge on any atom is -0.309 e. The number of anilines is 1. The number of benzene rings is 2. The fourth-order valence-electron chi connectivity index (χ4n) is 3.00. The third-order valence-corrected chi connectivity index (χ3v) is 4.53. The lowest BCUT2D eigenvalue weighted by atomic mass is 10.0. The second-order valence-electron chi connectivity index (χ2n) is 6.65. The summed E-state index contributed by atoms with van der Waals surface area (Å²) in [5, 5.41) is 0. The van der Waals surface area contributed by atoms with E-state index in [9.17, 15) is 39.9 Å². The molecule has 168 valence electrons. The van der Waals surface area contributed by atoms with Gasteiger partial charge in [-0.3, -0.25) is 9.78 Å². The van der Waals surface area contributed by atoms with Gasteiger partial charge in [0.1, 0.15) is 11.6 Å². The Bertz CT molecular complexity index is 1120. The number of aromatic nitrogens is 1. The van der Waals surface area contributed by atoms with E-state index < -0.39 is 52.1 Å². The van der Waals surface area contributed by atoms with Crippen molar-refractivity contribution in [2.24, 2.45) is 0 Å². The minimum absolute atomic E-state index is 0.110. The molecule has 0 spiro atoms. The third kappa shape index (κ3) is 4.56. The van der Waals surface area contributed by atoms with Crippen LogP contribution in [-0.2, 0) is 12.4 Å². The molecule has 3 rings (SSSR count). The summed E-state index contributed by atoms with van der Waals surface area (Å²) in [5.41, 5.74) is -5.20. The number of alkyl halides is 6. The van der Waals surface area contributed by atoms with Crippen molar-refractivity contribution in [1.29, 1.82) is 0 Å². The molecule has 0 aliphatic carbocycles. The monoisotopic (exact) mass is 460 g/mol. The molecule has 0 aliphatic rings. The van der Waals surface area contributed by atoms with Crippen molar-refractivity contribution in [2.75, 3.05) is 11.9 Å². The van der Waals surface area contributed by atoms with Crippen molar-refractivity contribution in [1.82, 2.24) is 4.98 Å². The van der Waals surface area contributed by atoms with Gasteiger partial charge in [-0.05, 0) is 36.4 Å². The Labute approximate surface area is 175 Å². The fraction of sp³-hybridized carbons (Fsp3) is 0.143. The van der Waals surface area contributed by atoms with E-state index in [2.05, 4.69) is 4.98 Å². The van der Waals surface area contributed by atoms with Crippen LogP contribution in [0.5, 0.6) is 0 Å².